The van der Waals surface area contributed by atoms with Gasteiger partial charge < -0.3 is 4.74 Å². The van der Waals surface area contributed by atoms with Gasteiger partial charge in [-0.05, 0) is 13.0 Å². The molecule has 0 bridgehead atoms. The predicted molar refractivity (Wildman–Crippen MR) is 47.0 cm³/mol. The maximum Gasteiger partial charge on any atom is 0.169 e. The molecule has 2 nitrogen and oxygen atoms in total. The van der Waals surface area contributed by atoms with Crippen molar-refractivity contribution in [3.8, 4) is 11.8 Å². The van der Waals surface area contributed by atoms with Crippen LogP contribution in [0.1, 0.15) is 18.4 Å². The first-order valence-corrected chi connectivity index (χ1v) is 3.92. The molecule has 0 aromatic heterocycles. The van der Waals surface area contributed by atoms with Crippen LogP contribution < -0.4 is 4.74 Å². The second-order valence-corrected chi connectivity index (χ2v) is 2.71. The Labute approximate surface area is 76.6 Å². The summed E-state index contributed by atoms with van der Waals surface area (Å²) in [7, 11) is 1.40. The van der Waals surface area contributed by atoms with Gasteiger partial charge in [0.2, 0.25) is 0 Å². The highest BCUT2D eigenvalue weighted by Gasteiger charge is 2.13. The third-order valence-electron chi connectivity index (χ3n) is 1.87. The molecule has 0 saturated carbocycles. The van der Waals surface area contributed by atoms with Crippen LogP contribution >= 0.6 is 0 Å². The molecule has 0 aliphatic rings. The molecule has 0 radical (unpaired) electrons. The largest absolute Gasteiger partial charge is 0.494 e. The number of rotatable bonds is 2. The highest BCUT2D eigenvalue weighted by Crippen LogP contribution is 2.25. The summed E-state index contributed by atoms with van der Waals surface area (Å²) in [5.41, 5.74) is 0.377. The van der Waals surface area contributed by atoms with E-state index in [-0.39, 0.29) is 5.75 Å². The summed E-state index contributed by atoms with van der Waals surface area (Å²) in [4.78, 5) is 0. The Balaban J connectivity index is 3.17. The Bertz CT molecular complexity index is 343. The third kappa shape index (κ3) is 1.78. The molecule has 13 heavy (non-hydrogen) atoms. The standard InChI is InChI=1S/C10H10FNO/c1-7(6-12)8-4-3-5-9(13-2)10(8)11/h3-5,7H,1-2H3. The number of hydrogen-bond acceptors (Lipinski definition) is 2. The molecular weight excluding hydrogens is 169 g/mol. The van der Waals surface area contributed by atoms with Gasteiger partial charge in [0.15, 0.2) is 11.6 Å². The van der Waals surface area contributed by atoms with Crippen LogP contribution in [0, 0.1) is 17.1 Å². The van der Waals surface area contributed by atoms with E-state index in [1.807, 2.05) is 6.07 Å². The topological polar surface area (TPSA) is 33.0 Å². The fourth-order valence-electron chi connectivity index (χ4n) is 1.09. The lowest BCUT2D eigenvalue weighted by Crippen LogP contribution is -1.97. The highest BCUT2D eigenvalue weighted by molar-refractivity contribution is 5.35. The average molecular weight is 179 g/mol. The molecule has 0 fully saturated rings. The molecule has 0 aliphatic carbocycles. The normalized spacial score (nSPS) is 11.8. The predicted octanol–water partition coefficient (Wildman–Crippen LogP) is 2.46. The van der Waals surface area contributed by atoms with E-state index < -0.39 is 11.7 Å². The van der Waals surface area contributed by atoms with E-state index in [2.05, 4.69) is 0 Å². The zero-order chi connectivity index (χ0) is 9.84. The number of methoxy groups -OCH3 is 1. The quantitative estimate of drug-likeness (QED) is 0.698. The van der Waals surface area contributed by atoms with E-state index in [9.17, 15) is 4.39 Å². The van der Waals surface area contributed by atoms with Crippen molar-refractivity contribution in [1.29, 1.82) is 5.26 Å². The molecule has 0 amide bonds. The SMILES string of the molecule is COc1cccc(C(C)C#N)c1F. The van der Waals surface area contributed by atoms with Crippen molar-refractivity contribution in [2.24, 2.45) is 0 Å². The molecule has 1 unspecified atom stereocenters. The van der Waals surface area contributed by atoms with Gasteiger partial charge in [0.25, 0.3) is 0 Å². The molecule has 1 rings (SSSR count). The first kappa shape index (κ1) is 9.53. The summed E-state index contributed by atoms with van der Waals surface area (Å²) in [6.07, 6.45) is 0. The molecule has 3 heteroatoms. The first-order valence-electron chi connectivity index (χ1n) is 3.92. The second kappa shape index (κ2) is 3.90. The van der Waals surface area contributed by atoms with Crippen LogP contribution in [0.15, 0.2) is 18.2 Å². The van der Waals surface area contributed by atoms with Crippen molar-refractivity contribution in [3.63, 3.8) is 0 Å². The lowest BCUT2D eigenvalue weighted by molar-refractivity contribution is 0.384. The molecule has 1 aromatic carbocycles. The molecule has 0 aliphatic heterocycles. The zero-order valence-corrected chi connectivity index (χ0v) is 7.54. The minimum absolute atomic E-state index is 0.180. The number of halogens is 1. The molecule has 0 heterocycles. The van der Waals surface area contributed by atoms with E-state index >= 15 is 0 Å². The lowest BCUT2D eigenvalue weighted by atomic mass is 10.0. The van der Waals surface area contributed by atoms with E-state index in [1.54, 1.807) is 19.1 Å². The van der Waals surface area contributed by atoms with Gasteiger partial charge in [0.1, 0.15) is 0 Å². The van der Waals surface area contributed by atoms with E-state index in [0.717, 1.165) is 0 Å². The molecule has 68 valence electrons. The number of hydrogen-bond donors (Lipinski definition) is 0. The molecular formula is C10H10FNO. The second-order valence-electron chi connectivity index (χ2n) is 2.71. The van der Waals surface area contributed by atoms with Crippen molar-refractivity contribution >= 4 is 0 Å². The van der Waals surface area contributed by atoms with Gasteiger partial charge in [-0.25, -0.2) is 4.39 Å². The summed E-state index contributed by atoms with van der Waals surface area (Å²) in [5.74, 6) is -0.714. The fraction of sp³-hybridized carbons (Fsp3) is 0.300. The number of nitrogens with zero attached hydrogens (tertiary/aromatic N) is 1. The Morgan fingerprint density at radius 3 is 2.77 bits per heavy atom. The summed E-state index contributed by atoms with van der Waals surface area (Å²) in [6, 6.07) is 6.77. The van der Waals surface area contributed by atoms with Gasteiger partial charge in [-0.2, -0.15) is 5.26 Å². The average Bonchev–Trinajstić information content (AvgIpc) is 2.17. The highest BCUT2D eigenvalue weighted by atomic mass is 19.1. The van der Waals surface area contributed by atoms with Crippen molar-refractivity contribution in [2.75, 3.05) is 7.11 Å². The van der Waals surface area contributed by atoms with E-state index in [4.69, 9.17) is 10.00 Å². The minimum Gasteiger partial charge on any atom is -0.494 e. The van der Waals surface area contributed by atoms with Gasteiger partial charge in [0.05, 0.1) is 19.1 Å². The van der Waals surface area contributed by atoms with Crippen LogP contribution in [0.4, 0.5) is 4.39 Å². The molecule has 1 atom stereocenters. The Hall–Kier alpha value is -1.56. The Kier molecular flexibility index (Phi) is 2.86. The van der Waals surface area contributed by atoms with Gasteiger partial charge in [-0.15, -0.1) is 0 Å². The first-order chi connectivity index (χ1) is 6.20. The molecule has 0 spiro atoms. The summed E-state index contributed by atoms with van der Waals surface area (Å²) in [6.45, 7) is 1.65. The van der Waals surface area contributed by atoms with Crippen molar-refractivity contribution < 1.29 is 9.13 Å². The van der Waals surface area contributed by atoms with Crippen molar-refractivity contribution in [3.05, 3.63) is 29.6 Å². The van der Waals surface area contributed by atoms with Crippen molar-refractivity contribution in [1.82, 2.24) is 0 Å². The number of benzene rings is 1. The van der Waals surface area contributed by atoms with Crippen LogP contribution in [-0.4, -0.2) is 7.11 Å². The number of ether oxygens (including phenoxy) is 1. The van der Waals surface area contributed by atoms with Gasteiger partial charge in [-0.3, -0.25) is 0 Å². The van der Waals surface area contributed by atoms with Gasteiger partial charge >= 0.3 is 0 Å². The fourth-order valence-corrected chi connectivity index (χ4v) is 1.09. The van der Waals surface area contributed by atoms with Crippen LogP contribution in [0.3, 0.4) is 0 Å². The third-order valence-corrected chi connectivity index (χ3v) is 1.87. The Morgan fingerprint density at radius 2 is 2.23 bits per heavy atom. The van der Waals surface area contributed by atoms with Crippen molar-refractivity contribution in [2.45, 2.75) is 12.8 Å². The Morgan fingerprint density at radius 1 is 1.54 bits per heavy atom. The van der Waals surface area contributed by atoms with E-state index in [0.29, 0.717) is 5.56 Å². The summed E-state index contributed by atoms with van der Waals surface area (Å²) < 4.78 is 18.2. The minimum atomic E-state index is -0.449. The maximum absolute atomic E-state index is 13.4. The summed E-state index contributed by atoms with van der Waals surface area (Å²) >= 11 is 0. The monoisotopic (exact) mass is 179 g/mol. The molecule has 0 saturated heterocycles. The van der Waals surface area contributed by atoms with Crippen LogP contribution in [-0.2, 0) is 0 Å². The van der Waals surface area contributed by atoms with Gasteiger partial charge in [-0.1, -0.05) is 12.1 Å². The van der Waals surface area contributed by atoms with E-state index in [1.165, 1.54) is 13.2 Å². The van der Waals surface area contributed by atoms with Crippen LogP contribution in [0.25, 0.3) is 0 Å². The number of nitriles is 1. The van der Waals surface area contributed by atoms with Crippen LogP contribution in [0.2, 0.25) is 0 Å². The van der Waals surface area contributed by atoms with Crippen LogP contribution in [0.5, 0.6) is 5.75 Å². The van der Waals surface area contributed by atoms with Gasteiger partial charge in [0, 0.05) is 5.56 Å². The summed E-state index contributed by atoms with van der Waals surface area (Å²) in [5, 5.41) is 8.62. The lowest BCUT2D eigenvalue weighted by Gasteiger charge is -2.07. The maximum atomic E-state index is 13.4. The smallest absolute Gasteiger partial charge is 0.169 e. The molecule has 0 N–H and O–H groups in total. The molecule has 1 aromatic rings. The zero-order valence-electron chi connectivity index (χ0n) is 7.54.